The van der Waals surface area contributed by atoms with Crippen molar-refractivity contribution in [1.29, 1.82) is 0 Å². The second-order valence-corrected chi connectivity index (χ2v) is 6.92. The third kappa shape index (κ3) is 4.26. The molecule has 22 heavy (non-hydrogen) atoms. The normalized spacial score (nSPS) is 16.4. The van der Waals surface area contributed by atoms with E-state index in [9.17, 15) is 13.2 Å². The second kappa shape index (κ2) is 7.68. The Hall–Kier alpha value is -1.48. The molecule has 1 aromatic rings. The van der Waals surface area contributed by atoms with Crippen LogP contribution in [0.1, 0.15) is 12.8 Å². The van der Waals surface area contributed by atoms with Gasteiger partial charge in [-0.25, -0.2) is 8.42 Å². The number of nitrogens with zero attached hydrogens (tertiary/aromatic N) is 1. The fourth-order valence-corrected chi connectivity index (χ4v) is 3.61. The van der Waals surface area contributed by atoms with Crippen molar-refractivity contribution in [3.05, 3.63) is 24.3 Å². The fraction of sp³-hybridized carbons (Fsp3) is 0.500. The van der Waals surface area contributed by atoms with Crippen LogP contribution in [0.3, 0.4) is 0 Å². The first kappa shape index (κ1) is 16.9. The molecule has 2 rings (SSSR count). The topological polar surface area (TPSA) is 102 Å². The van der Waals surface area contributed by atoms with E-state index in [0.717, 1.165) is 0 Å². The molecule has 0 unspecified atom stereocenters. The maximum atomic E-state index is 12.5. The lowest BCUT2D eigenvalue weighted by atomic mass is 10.2. The SMILES string of the molecule is NCCCC(=O)Nc1cccc(S(=O)(=O)N2CCOCC2)c1. The quantitative estimate of drug-likeness (QED) is 0.787. The molecule has 0 spiro atoms. The van der Waals surface area contributed by atoms with Crippen LogP contribution >= 0.6 is 0 Å². The zero-order valence-electron chi connectivity index (χ0n) is 12.3. The van der Waals surface area contributed by atoms with Crippen molar-refractivity contribution < 1.29 is 17.9 Å². The van der Waals surface area contributed by atoms with E-state index in [-0.39, 0.29) is 10.8 Å². The second-order valence-electron chi connectivity index (χ2n) is 4.98. The number of morpholine rings is 1. The zero-order valence-corrected chi connectivity index (χ0v) is 13.1. The van der Waals surface area contributed by atoms with E-state index in [0.29, 0.717) is 51.4 Å². The van der Waals surface area contributed by atoms with Gasteiger partial charge in [0.05, 0.1) is 18.1 Å². The number of anilines is 1. The van der Waals surface area contributed by atoms with Gasteiger partial charge < -0.3 is 15.8 Å². The molecule has 0 aliphatic carbocycles. The highest BCUT2D eigenvalue weighted by Crippen LogP contribution is 2.20. The Morgan fingerprint density at radius 1 is 1.32 bits per heavy atom. The summed E-state index contributed by atoms with van der Waals surface area (Å²) in [6.07, 6.45) is 0.911. The average molecular weight is 327 g/mol. The molecule has 1 amide bonds. The Morgan fingerprint density at radius 3 is 2.73 bits per heavy atom. The van der Waals surface area contributed by atoms with E-state index >= 15 is 0 Å². The molecule has 0 saturated carbocycles. The molecule has 0 aromatic heterocycles. The summed E-state index contributed by atoms with van der Waals surface area (Å²) in [5.74, 6) is -0.175. The van der Waals surface area contributed by atoms with Gasteiger partial charge in [0.1, 0.15) is 0 Å². The third-order valence-electron chi connectivity index (χ3n) is 3.33. The first-order valence-corrected chi connectivity index (χ1v) is 8.66. The number of nitrogens with one attached hydrogen (secondary N) is 1. The third-order valence-corrected chi connectivity index (χ3v) is 5.23. The van der Waals surface area contributed by atoms with Crippen molar-refractivity contribution in [3.63, 3.8) is 0 Å². The monoisotopic (exact) mass is 327 g/mol. The van der Waals surface area contributed by atoms with E-state index in [1.807, 2.05) is 0 Å². The predicted octanol–water partition coefficient (Wildman–Crippen LogP) is 0.385. The minimum atomic E-state index is -3.56. The van der Waals surface area contributed by atoms with Crippen LogP contribution in [0.5, 0.6) is 0 Å². The lowest BCUT2D eigenvalue weighted by molar-refractivity contribution is -0.116. The molecule has 0 radical (unpaired) electrons. The van der Waals surface area contributed by atoms with Gasteiger partial charge in [0, 0.05) is 25.2 Å². The van der Waals surface area contributed by atoms with Crippen molar-refractivity contribution in [1.82, 2.24) is 4.31 Å². The number of rotatable bonds is 6. The van der Waals surface area contributed by atoms with Gasteiger partial charge in [-0.2, -0.15) is 4.31 Å². The number of ether oxygens (including phenoxy) is 1. The Kier molecular flexibility index (Phi) is 5.90. The molecule has 1 fully saturated rings. The van der Waals surface area contributed by atoms with E-state index in [2.05, 4.69) is 5.32 Å². The highest BCUT2D eigenvalue weighted by molar-refractivity contribution is 7.89. The molecular formula is C14H21N3O4S. The molecular weight excluding hydrogens is 306 g/mol. The van der Waals surface area contributed by atoms with Gasteiger partial charge in [-0.3, -0.25) is 4.79 Å². The molecule has 1 heterocycles. The summed E-state index contributed by atoms with van der Waals surface area (Å²) in [6.45, 7) is 1.92. The van der Waals surface area contributed by atoms with Gasteiger partial charge in [-0.1, -0.05) is 6.07 Å². The fourth-order valence-electron chi connectivity index (χ4n) is 2.16. The van der Waals surface area contributed by atoms with Crippen LogP contribution in [0, 0.1) is 0 Å². The minimum absolute atomic E-state index is 0.172. The lowest BCUT2D eigenvalue weighted by Crippen LogP contribution is -2.40. The van der Waals surface area contributed by atoms with Crippen LogP contribution < -0.4 is 11.1 Å². The number of amides is 1. The molecule has 1 saturated heterocycles. The van der Waals surface area contributed by atoms with Crippen LogP contribution in [0.4, 0.5) is 5.69 Å². The molecule has 1 aliphatic rings. The lowest BCUT2D eigenvalue weighted by Gasteiger charge is -2.26. The molecule has 122 valence electrons. The van der Waals surface area contributed by atoms with E-state index in [4.69, 9.17) is 10.5 Å². The first-order valence-electron chi connectivity index (χ1n) is 7.22. The van der Waals surface area contributed by atoms with Crippen molar-refractivity contribution in [2.45, 2.75) is 17.7 Å². The number of carbonyl (C=O) groups is 1. The van der Waals surface area contributed by atoms with E-state index < -0.39 is 10.0 Å². The number of sulfonamides is 1. The molecule has 1 aromatic carbocycles. The molecule has 0 atom stereocenters. The van der Waals surface area contributed by atoms with Crippen molar-refractivity contribution >= 4 is 21.6 Å². The first-order chi connectivity index (χ1) is 10.5. The van der Waals surface area contributed by atoms with Gasteiger partial charge in [0.15, 0.2) is 0 Å². The number of hydrogen-bond acceptors (Lipinski definition) is 5. The largest absolute Gasteiger partial charge is 0.379 e. The smallest absolute Gasteiger partial charge is 0.243 e. The summed E-state index contributed by atoms with van der Waals surface area (Å²) in [5.41, 5.74) is 5.83. The van der Waals surface area contributed by atoms with Gasteiger partial charge in [0.25, 0.3) is 0 Å². The van der Waals surface area contributed by atoms with E-state index in [1.54, 1.807) is 12.1 Å². The van der Waals surface area contributed by atoms with Crippen LogP contribution in [0.2, 0.25) is 0 Å². The summed E-state index contributed by atoms with van der Waals surface area (Å²) in [5, 5.41) is 2.69. The Labute approximate surface area is 130 Å². The van der Waals surface area contributed by atoms with Crippen molar-refractivity contribution in [2.75, 3.05) is 38.2 Å². The number of nitrogens with two attached hydrogens (primary N) is 1. The van der Waals surface area contributed by atoms with Crippen LogP contribution in [-0.4, -0.2) is 51.5 Å². The standard InChI is InChI=1S/C14H21N3O4S/c15-6-2-5-14(18)16-12-3-1-4-13(11-12)22(19,20)17-7-9-21-10-8-17/h1,3-4,11H,2,5-10,15H2,(H,16,18). The minimum Gasteiger partial charge on any atom is -0.379 e. The summed E-state index contributed by atoms with van der Waals surface area (Å²) in [4.78, 5) is 11.9. The molecule has 1 aliphatic heterocycles. The van der Waals surface area contributed by atoms with Gasteiger partial charge in [-0.15, -0.1) is 0 Å². The maximum absolute atomic E-state index is 12.5. The van der Waals surface area contributed by atoms with Crippen molar-refractivity contribution in [3.8, 4) is 0 Å². The average Bonchev–Trinajstić information content (AvgIpc) is 2.54. The summed E-state index contributed by atoms with van der Waals surface area (Å²) < 4.78 is 31.6. The molecule has 3 N–H and O–H groups in total. The maximum Gasteiger partial charge on any atom is 0.243 e. The Balaban J connectivity index is 2.11. The summed E-state index contributed by atoms with van der Waals surface area (Å²) in [6, 6.07) is 6.29. The van der Waals surface area contributed by atoms with Crippen LogP contribution in [0.25, 0.3) is 0 Å². The zero-order chi connectivity index (χ0) is 16.0. The predicted molar refractivity (Wildman–Crippen MR) is 82.9 cm³/mol. The van der Waals surface area contributed by atoms with E-state index in [1.165, 1.54) is 16.4 Å². The number of carbonyl (C=O) groups excluding carboxylic acids is 1. The van der Waals surface area contributed by atoms with Crippen LogP contribution in [-0.2, 0) is 19.6 Å². The van der Waals surface area contributed by atoms with Crippen molar-refractivity contribution in [2.24, 2.45) is 5.73 Å². The van der Waals surface area contributed by atoms with Crippen LogP contribution in [0.15, 0.2) is 29.2 Å². The van der Waals surface area contributed by atoms with Gasteiger partial charge in [0.2, 0.25) is 15.9 Å². The number of hydrogen-bond donors (Lipinski definition) is 2. The summed E-state index contributed by atoms with van der Waals surface area (Å²) in [7, 11) is -3.56. The highest BCUT2D eigenvalue weighted by atomic mass is 32.2. The Bertz CT molecular complexity index is 612. The van der Waals surface area contributed by atoms with Gasteiger partial charge >= 0.3 is 0 Å². The molecule has 0 bridgehead atoms. The summed E-state index contributed by atoms with van der Waals surface area (Å²) >= 11 is 0. The Morgan fingerprint density at radius 2 is 2.05 bits per heavy atom. The highest BCUT2D eigenvalue weighted by Gasteiger charge is 2.26. The van der Waals surface area contributed by atoms with Gasteiger partial charge in [-0.05, 0) is 31.2 Å². The number of benzene rings is 1. The molecule has 7 nitrogen and oxygen atoms in total. The molecule has 8 heteroatoms.